The average molecular weight is 288 g/mol. The van der Waals surface area contributed by atoms with Crippen LogP contribution in [-0.2, 0) is 11.3 Å². The molecule has 0 bridgehead atoms. The van der Waals surface area contributed by atoms with Gasteiger partial charge in [0.15, 0.2) is 0 Å². The quantitative estimate of drug-likeness (QED) is 0.923. The van der Waals surface area contributed by atoms with Gasteiger partial charge in [-0.15, -0.1) is 0 Å². The van der Waals surface area contributed by atoms with Gasteiger partial charge in [-0.1, -0.05) is 38.1 Å². The van der Waals surface area contributed by atoms with Crippen LogP contribution in [0.1, 0.15) is 50.7 Å². The van der Waals surface area contributed by atoms with Crippen LogP contribution in [0.15, 0.2) is 24.3 Å². The molecule has 1 fully saturated rings. The van der Waals surface area contributed by atoms with Crippen LogP contribution in [0.25, 0.3) is 0 Å². The summed E-state index contributed by atoms with van der Waals surface area (Å²) in [5.74, 6) is 1.02. The molecule has 1 aromatic rings. The average Bonchev–Trinajstić information content (AvgIpc) is 2.47. The number of hydrogen-bond acceptors (Lipinski definition) is 2. The number of carbonyl (C=O) groups is 1. The van der Waals surface area contributed by atoms with Crippen molar-refractivity contribution in [3.05, 3.63) is 35.4 Å². The van der Waals surface area contributed by atoms with Crippen LogP contribution >= 0.6 is 0 Å². The first-order chi connectivity index (χ1) is 9.97. The number of benzene rings is 1. The number of nitrogens with one attached hydrogen (secondary N) is 1. The van der Waals surface area contributed by atoms with Crippen molar-refractivity contribution >= 4 is 5.91 Å². The highest BCUT2D eigenvalue weighted by molar-refractivity contribution is 5.78. The van der Waals surface area contributed by atoms with Gasteiger partial charge in [-0.2, -0.15) is 0 Å². The maximum Gasteiger partial charge on any atom is 0.225 e. The Bertz CT molecular complexity index is 467. The van der Waals surface area contributed by atoms with Crippen LogP contribution in [0.5, 0.6) is 0 Å². The molecule has 3 heteroatoms. The standard InChI is InChI=1S/C18H28N2O/c1-13(2)16-7-5-15(6-8-16)12-20(4)18(21)17-9-10-19-14(3)11-17/h5-8,13-14,17,19H,9-12H2,1-4H3/t14-,17-/m0/s1. The third-order valence-corrected chi connectivity index (χ3v) is 4.42. The van der Waals surface area contributed by atoms with Gasteiger partial charge in [-0.25, -0.2) is 0 Å². The summed E-state index contributed by atoms with van der Waals surface area (Å²) in [7, 11) is 1.92. The zero-order valence-electron chi connectivity index (χ0n) is 13.7. The van der Waals surface area contributed by atoms with Gasteiger partial charge in [0, 0.05) is 25.6 Å². The first-order valence-corrected chi connectivity index (χ1v) is 8.04. The maximum absolute atomic E-state index is 12.5. The van der Waals surface area contributed by atoms with Crippen LogP contribution in [0.4, 0.5) is 0 Å². The molecule has 1 amide bonds. The number of piperidine rings is 1. The lowest BCUT2D eigenvalue weighted by atomic mass is 9.92. The van der Waals surface area contributed by atoms with Crippen LogP contribution in [0.3, 0.4) is 0 Å². The van der Waals surface area contributed by atoms with Crippen molar-refractivity contribution in [3.8, 4) is 0 Å². The Morgan fingerprint density at radius 1 is 1.33 bits per heavy atom. The summed E-state index contributed by atoms with van der Waals surface area (Å²) in [6.45, 7) is 8.21. The fourth-order valence-electron chi connectivity index (χ4n) is 3.03. The van der Waals surface area contributed by atoms with E-state index in [1.807, 2.05) is 11.9 Å². The van der Waals surface area contributed by atoms with E-state index in [9.17, 15) is 4.79 Å². The van der Waals surface area contributed by atoms with Crippen LogP contribution < -0.4 is 5.32 Å². The molecule has 2 atom stereocenters. The van der Waals surface area contributed by atoms with Crippen LogP contribution in [0, 0.1) is 5.92 Å². The van der Waals surface area contributed by atoms with E-state index in [4.69, 9.17) is 0 Å². The maximum atomic E-state index is 12.5. The molecule has 1 N–H and O–H groups in total. The minimum Gasteiger partial charge on any atom is -0.341 e. The van der Waals surface area contributed by atoms with Crippen molar-refractivity contribution in [1.29, 1.82) is 0 Å². The zero-order chi connectivity index (χ0) is 15.4. The molecule has 2 rings (SSSR count). The van der Waals surface area contributed by atoms with E-state index in [-0.39, 0.29) is 11.8 Å². The van der Waals surface area contributed by atoms with E-state index >= 15 is 0 Å². The molecule has 0 aliphatic carbocycles. The summed E-state index contributed by atoms with van der Waals surface area (Å²) in [6, 6.07) is 9.08. The number of hydrogen-bond donors (Lipinski definition) is 1. The van der Waals surface area contributed by atoms with Crippen molar-refractivity contribution < 1.29 is 4.79 Å². The van der Waals surface area contributed by atoms with Gasteiger partial charge < -0.3 is 10.2 Å². The van der Waals surface area contributed by atoms with E-state index in [0.717, 1.165) is 19.4 Å². The lowest BCUT2D eigenvalue weighted by Crippen LogP contribution is -2.42. The van der Waals surface area contributed by atoms with Crippen molar-refractivity contribution in [1.82, 2.24) is 10.2 Å². The smallest absolute Gasteiger partial charge is 0.225 e. The number of carbonyl (C=O) groups excluding carboxylic acids is 1. The van der Waals surface area contributed by atoms with Gasteiger partial charge in [0.05, 0.1) is 0 Å². The van der Waals surface area contributed by atoms with E-state index in [0.29, 0.717) is 18.5 Å². The largest absolute Gasteiger partial charge is 0.341 e. The van der Waals surface area contributed by atoms with E-state index in [1.165, 1.54) is 11.1 Å². The molecular weight excluding hydrogens is 260 g/mol. The fraction of sp³-hybridized carbons (Fsp3) is 0.611. The highest BCUT2D eigenvalue weighted by Crippen LogP contribution is 2.20. The van der Waals surface area contributed by atoms with Gasteiger partial charge in [-0.3, -0.25) is 4.79 Å². The lowest BCUT2D eigenvalue weighted by Gasteiger charge is -2.30. The van der Waals surface area contributed by atoms with Crippen molar-refractivity contribution in [2.75, 3.05) is 13.6 Å². The summed E-state index contributed by atoms with van der Waals surface area (Å²) in [5, 5.41) is 3.40. The van der Waals surface area contributed by atoms with Gasteiger partial charge in [0.25, 0.3) is 0 Å². The first kappa shape index (κ1) is 16.0. The highest BCUT2D eigenvalue weighted by Gasteiger charge is 2.26. The van der Waals surface area contributed by atoms with Gasteiger partial charge in [-0.05, 0) is 43.4 Å². The van der Waals surface area contributed by atoms with Gasteiger partial charge >= 0.3 is 0 Å². The van der Waals surface area contributed by atoms with Gasteiger partial charge in [0.2, 0.25) is 5.91 Å². The number of amides is 1. The molecule has 1 saturated heterocycles. The molecule has 116 valence electrons. The fourth-order valence-corrected chi connectivity index (χ4v) is 3.03. The van der Waals surface area contributed by atoms with E-state index in [1.54, 1.807) is 0 Å². The summed E-state index contributed by atoms with van der Waals surface area (Å²) in [4.78, 5) is 14.4. The molecule has 0 spiro atoms. The molecule has 0 aromatic heterocycles. The van der Waals surface area contributed by atoms with Gasteiger partial charge in [0.1, 0.15) is 0 Å². The lowest BCUT2D eigenvalue weighted by molar-refractivity contribution is -0.135. The number of rotatable bonds is 4. The summed E-state index contributed by atoms with van der Waals surface area (Å²) < 4.78 is 0. The van der Waals surface area contributed by atoms with Crippen LogP contribution in [0.2, 0.25) is 0 Å². The monoisotopic (exact) mass is 288 g/mol. The number of nitrogens with zero attached hydrogens (tertiary/aromatic N) is 1. The molecule has 0 unspecified atom stereocenters. The third-order valence-electron chi connectivity index (χ3n) is 4.42. The normalized spacial score (nSPS) is 22.3. The molecule has 1 heterocycles. The molecule has 0 radical (unpaired) electrons. The molecule has 21 heavy (non-hydrogen) atoms. The van der Waals surface area contributed by atoms with Crippen molar-refractivity contribution in [2.24, 2.45) is 5.92 Å². The zero-order valence-corrected chi connectivity index (χ0v) is 13.7. The SMILES string of the molecule is CC(C)c1ccc(CN(C)C(=O)[C@H]2CCN[C@@H](C)C2)cc1. The second-order valence-electron chi connectivity index (χ2n) is 6.67. The Balaban J connectivity index is 1.93. The Morgan fingerprint density at radius 3 is 2.57 bits per heavy atom. The molecular formula is C18H28N2O. The summed E-state index contributed by atoms with van der Waals surface area (Å²) >= 11 is 0. The second kappa shape index (κ2) is 7.08. The topological polar surface area (TPSA) is 32.3 Å². The molecule has 1 aliphatic heterocycles. The molecule has 1 aromatic carbocycles. The van der Waals surface area contributed by atoms with Crippen LogP contribution in [-0.4, -0.2) is 30.4 Å². The molecule has 1 aliphatic rings. The van der Waals surface area contributed by atoms with Crippen molar-refractivity contribution in [2.45, 2.75) is 52.1 Å². The minimum absolute atomic E-state index is 0.182. The second-order valence-corrected chi connectivity index (χ2v) is 6.67. The predicted molar refractivity (Wildman–Crippen MR) is 87.2 cm³/mol. The Labute approximate surface area is 128 Å². The summed E-state index contributed by atoms with van der Waals surface area (Å²) in [5.41, 5.74) is 2.55. The third kappa shape index (κ3) is 4.31. The highest BCUT2D eigenvalue weighted by atomic mass is 16.2. The molecule has 0 saturated carbocycles. The van der Waals surface area contributed by atoms with Crippen molar-refractivity contribution in [3.63, 3.8) is 0 Å². The van der Waals surface area contributed by atoms with E-state index in [2.05, 4.69) is 50.4 Å². The predicted octanol–water partition coefficient (Wildman–Crippen LogP) is 3.16. The Morgan fingerprint density at radius 2 is 2.00 bits per heavy atom. The molecule has 3 nitrogen and oxygen atoms in total. The Kier molecular flexibility index (Phi) is 5.40. The van der Waals surface area contributed by atoms with E-state index < -0.39 is 0 Å². The Hall–Kier alpha value is -1.35. The summed E-state index contributed by atoms with van der Waals surface area (Å²) in [6.07, 6.45) is 1.91. The minimum atomic E-state index is 0.182. The first-order valence-electron chi connectivity index (χ1n) is 8.04.